The summed E-state index contributed by atoms with van der Waals surface area (Å²) in [7, 11) is 0. The second-order valence-corrected chi connectivity index (χ2v) is 11.8. The molecule has 8 heteroatoms. The van der Waals surface area contributed by atoms with E-state index in [-0.39, 0.29) is 5.91 Å². The van der Waals surface area contributed by atoms with E-state index in [9.17, 15) is 9.59 Å². The van der Waals surface area contributed by atoms with Gasteiger partial charge in [-0.15, -0.1) is 0 Å². The molecular formula is C30H38N4O3S. The molecule has 4 rings (SSSR count). The van der Waals surface area contributed by atoms with Crippen molar-refractivity contribution in [3.8, 4) is 0 Å². The predicted octanol–water partition coefficient (Wildman–Crippen LogP) is 5.63. The Hall–Kier alpha value is -3.23. The van der Waals surface area contributed by atoms with E-state index < -0.39 is 11.7 Å². The molecule has 0 radical (unpaired) electrons. The van der Waals surface area contributed by atoms with Crippen LogP contribution in [0.3, 0.4) is 0 Å². The first kappa shape index (κ1) is 27.8. The Balaban J connectivity index is 1.50. The van der Waals surface area contributed by atoms with E-state index >= 15 is 0 Å². The summed E-state index contributed by atoms with van der Waals surface area (Å²) in [6.45, 7) is 12.7. The number of carbonyl (C=O) groups excluding carboxylic acids is 2. The average molecular weight is 535 g/mol. The topological polar surface area (TPSA) is 75.6 Å². The Bertz CT molecular complexity index is 1290. The Morgan fingerprint density at radius 2 is 1.71 bits per heavy atom. The van der Waals surface area contributed by atoms with Gasteiger partial charge in [0.05, 0.1) is 0 Å². The minimum atomic E-state index is -0.565. The maximum atomic E-state index is 13.4. The van der Waals surface area contributed by atoms with Crippen molar-refractivity contribution in [2.75, 3.05) is 13.1 Å². The normalized spacial score (nSPS) is 13.6. The third-order valence-electron chi connectivity index (χ3n) is 6.58. The molecule has 0 saturated carbocycles. The van der Waals surface area contributed by atoms with E-state index in [0.717, 1.165) is 41.2 Å². The van der Waals surface area contributed by atoms with Crippen LogP contribution in [0.25, 0.3) is 0 Å². The zero-order valence-electron chi connectivity index (χ0n) is 23.0. The highest BCUT2D eigenvalue weighted by molar-refractivity contribution is 7.97. The first-order chi connectivity index (χ1) is 18.1. The van der Waals surface area contributed by atoms with Crippen LogP contribution in [0.4, 0.5) is 4.79 Å². The molecule has 0 unspecified atom stereocenters. The van der Waals surface area contributed by atoms with Crippen LogP contribution in [0.1, 0.15) is 59.2 Å². The van der Waals surface area contributed by atoms with Crippen molar-refractivity contribution in [1.82, 2.24) is 19.5 Å². The minimum Gasteiger partial charge on any atom is -0.444 e. The third kappa shape index (κ3) is 7.20. The average Bonchev–Trinajstić information content (AvgIpc) is 3.17. The van der Waals surface area contributed by atoms with Crippen molar-refractivity contribution in [2.24, 2.45) is 0 Å². The van der Waals surface area contributed by atoms with E-state index in [4.69, 9.17) is 4.74 Å². The number of hydrogen-bond donors (Lipinski definition) is 2. The molecule has 3 aromatic rings. The van der Waals surface area contributed by atoms with Crippen LogP contribution < -0.4 is 10.6 Å². The number of rotatable bonds is 8. The van der Waals surface area contributed by atoms with Gasteiger partial charge in [-0.05, 0) is 81.3 Å². The minimum absolute atomic E-state index is 0.135. The Kier molecular flexibility index (Phi) is 8.84. The van der Waals surface area contributed by atoms with Crippen LogP contribution in [0, 0.1) is 13.8 Å². The standard InChI is InChI=1S/C30H38N4O3S/c1-21-10-6-7-12-24(21)19-32-28(35)26-18-27(38-33-16-14-23-11-8-9-13-25(23)20-33)22(2)34(26)17-15-31-29(36)37-30(3,4)5/h6-13,18H,14-17,19-20H2,1-5H3,(H,31,36)(H,32,35). The molecule has 2 aromatic carbocycles. The van der Waals surface area contributed by atoms with Gasteiger partial charge in [0.15, 0.2) is 0 Å². The maximum absolute atomic E-state index is 13.4. The summed E-state index contributed by atoms with van der Waals surface area (Å²) >= 11 is 1.69. The van der Waals surface area contributed by atoms with Crippen molar-refractivity contribution in [1.29, 1.82) is 0 Å². The SMILES string of the molecule is Cc1ccccc1CNC(=O)c1cc(SN2CCc3ccccc3C2)c(C)n1CCNC(=O)OC(C)(C)C. The highest BCUT2D eigenvalue weighted by Gasteiger charge is 2.23. The lowest BCUT2D eigenvalue weighted by Gasteiger charge is -2.27. The summed E-state index contributed by atoms with van der Waals surface area (Å²) in [5.74, 6) is -0.135. The molecule has 2 amide bonds. The molecule has 0 aliphatic carbocycles. The van der Waals surface area contributed by atoms with Gasteiger partial charge in [0.25, 0.3) is 5.91 Å². The first-order valence-electron chi connectivity index (χ1n) is 13.1. The molecule has 0 fully saturated rings. The van der Waals surface area contributed by atoms with Gasteiger partial charge in [-0.1, -0.05) is 48.5 Å². The molecule has 202 valence electrons. The lowest BCUT2D eigenvalue weighted by Crippen LogP contribution is -2.35. The number of carbonyl (C=O) groups is 2. The molecule has 2 heterocycles. The second kappa shape index (κ2) is 12.1. The number of benzene rings is 2. The Labute approximate surface area is 230 Å². The molecule has 1 aliphatic heterocycles. The highest BCUT2D eigenvalue weighted by atomic mass is 32.2. The van der Waals surface area contributed by atoms with Crippen molar-refractivity contribution in [2.45, 2.75) is 71.2 Å². The lowest BCUT2D eigenvalue weighted by molar-refractivity contribution is 0.0526. The van der Waals surface area contributed by atoms with Gasteiger partial charge in [0.1, 0.15) is 11.3 Å². The smallest absolute Gasteiger partial charge is 0.407 e. The van der Waals surface area contributed by atoms with E-state index in [1.54, 1.807) is 11.9 Å². The fraction of sp³-hybridized carbons (Fsp3) is 0.400. The van der Waals surface area contributed by atoms with Crippen LogP contribution in [-0.2, 0) is 30.8 Å². The molecule has 0 atom stereocenters. The molecule has 2 N–H and O–H groups in total. The van der Waals surface area contributed by atoms with Gasteiger partial charge >= 0.3 is 6.09 Å². The van der Waals surface area contributed by atoms with Gasteiger partial charge in [-0.25, -0.2) is 9.10 Å². The quantitative estimate of drug-likeness (QED) is 0.367. The van der Waals surface area contributed by atoms with Gasteiger partial charge < -0.3 is 19.9 Å². The zero-order valence-corrected chi connectivity index (χ0v) is 23.8. The summed E-state index contributed by atoms with van der Waals surface area (Å²) in [5, 5.41) is 5.91. The number of hydrogen-bond acceptors (Lipinski definition) is 5. The summed E-state index contributed by atoms with van der Waals surface area (Å²) in [5.41, 5.74) is 6.00. The molecular weight excluding hydrogens is 496 g/mol. The maximum Gasteiger partial charge on any atom is 0.407 e. The Morgan fingerprint density at radius 3 is 2.45 bits per heavy atom. The fourth-order valence-corrected chi connectivity index (χ4v) is 5.61. The number of aryl methyl sites for hydroxylation is 1. The third-order valence-corrected chi connectivity index (χ3v) is 7.76. The number of nitrogens with one attached hydrogen (secondary N) is 2. The molecule has 0 spiro atoms. The van der Waals surface area contributed by atoms with Gasteiger partial charge in [-0.2, -0.15) is 0 Å². The lowest BCUT2D eigenvalue weighted by atomic mass is 10.0. The first-order valence-corrected chi connectivity index (χ1v) is 13.9. The summed E-state index contributed by atoms with van der Waals surface area (Å²) in [4.78, 5) is 26.6. The number of alkyl carbamates (subject to hydrolysis) is 1. The molecule has 0 saturated heterocycles. The van der Waals surface area contributed by atoms with Gasteiger partial charge in [-0.3, -0.25) is 4.79 Å². The van der Waals surface area contributed by atoms with Crippen LogP contribution in [0.15, 0.2) is 59.5 Å². The number of ether oxygens (including phenoxy) is 1. The van der Waals surface area contributed by atoms with Crippen LogP contribution >= 0.6 is 11.9 Å². The fourth-order valence-electron chi connectivity index (χ4n) is 4.53. The predicted molar refractivity (Wildman–Crippen MR) is 152 cm³/mol. The van der Waals surface area contributed by atoms with Crippen molar-refractivity contribution >= 4 is 23.9 Å². The summed E-state index contributed by atoms with van der Waals surface area (Å²) < 4.78 is 9.71. The molecule has 7 nitrogen and oxygen atoms in total. The summed E-state index contributed by atoms with van der Waals surface area (Å²) in [6.07, 6.45) is 0.543. The molecule has 1 aromatic heterocycles. The second-order valence-electron chi connectivity index (χ2n) is 10.6. The van der Waals surface area contributed by atoms with Crippen LogP contribution in [0.2, 0.25) is 0 Å². The van der Waals surface area contributed by atoms with Crippen molar-refractivity contribution < 1.29 is 14.3 Å². The molecule has 0 bridgehead atoms. The van der Waals surface area contributed by atoms with Crippen molar-refractivity contribution in [3.05, 3.63) is 88.2 Å². The van der Waals surface area contributed by atoms with E-state index in [1.807, 2.05) is 69.5 Å². The molecule has 1 aliphatic rings. The van der Waals surface area contributed by atoms with Crippen molar-refractivity contribution in [3.63, 3.8) is 0 Å². The zero-order chi connectivity index (χ0) is 27.3. The number of aromatic nitrogens is 1. The summed E-state index contributed by atoms with van der Waals surface area (Å²) in [6, 6.07) is 18.6. The number of nitrogens with zero attached hydrogens (tertiary/aromatic N) is 2. The highest BCUT2D eigenvalue weighted by Crippen LogP contribution is 2.33. The molecule has 38 heavy (non-hydrogen) atoms. The van der Waals surface area contributed by atoms with E-state index in [0.29, 0.717) is 25.3 Å². The Morgan fingerprint density at radius 1 is 1.00 bits per heavy atom. The van der Waals surface area contributed by atoms with E-state index in [1.165, 1.54) is 11.1 Å². The van der Waals surface area contributed by atoms with Gasteiger partial charge in [0, 0.05) is 43.3 Å². The largest absolute Gasteiger partial charge is 0.444 e. The van der Waals surface area contributed by atoms with Crippen LogP contribution in [0.5, 0.6) is 0 Å². The number of fused-ring (bicyclic) bond motifs is 1. The van der Waals surface area contributed by atoms with E-state index in [2.05, 4.69) is 39.2 Å². The monoisotopic (exact) mass is 534 g/mol. The van der Waals surface area contributed by atoms with Crippen LogP contribution in [-0.4, -0.2) is 39.6 Å². The number of amides is 2. The van der Waals surface area contributed by atoms with Gasteiger partial charge in [0.2, 0.25) is 0 Å².